The molecule has 3 aromatic rings. The van der Waals surface area contributed by atoms with Crippen LogP contribution in [-0.2, 0) is 4.74 Å². The highest BCUT2D eigenvalue weighted by molar-refractivity contribution is 5.71. The van der Waals surface area contributed by atoms with Gasteiger partial charge < -0.3 is 9.47 Å². The van der Waals surface area contributed by atoms with Crippen molar-refractivity contribution < 1.29 is 22.6 Å². The fourth-order valence-corrected chi connectivity index (χ4v) is 4.27. The lowest BCUT2D eigenvalue weighted by molar-refractivity contribution is -0.00711. The predicted octanol–water partition coefficient (Wildman–Crippen LogP) is 7.88. The Bertz CT molecular complexity index is 1130. The van der Waals surface area contributed by atoms with Gasteiger partial charge in [0.1, 0.15) is 5.82 Å². The van der Waals surface area contributed by atoms with E-state index in [2.05, 4.69) is 6.08 Å². The Hall–Kier alpha value is -3.05. The van der Waals surface area contributed by atoms with Gasteiger partial charge in [0.05, 0.1) is 19.3 Å². The van der Waals surface area contributed by atoms with Gasteiger partial charge in [-0.3, -0.25) is 0 Å². The molecule has 4 rings (SSSR count). The lowest BCUT2D eigenvalue weighted by Gasteiger charge is -2.28. The second-order valence-electron chi connectivity index (χ2n) is 8.17. The van der Waals surface area contributed by atoms with Gasteiger partial charge in [-0.15, -0.1) is 0 Å². The molecule has 0 amide bonds. The van der Waals surface area contributed by atoms with Gasteiger partial charge in [-0.25, -0.2) is 8.78 Å². The maximum Gasteiger partial charge on any atom is 0.201 e. The predicted molar refractivity (Wildman–Crippen MR) is 125 cm³/mol. The molecule has 172 valence electrons. The summed E-state index contributed by atoms with van der Waals surface area (Å²) in [5.41, 5.74) is 2.75. The first kappa shape index (κ1) is 23.1. The maximum atomic E-state index is 14.9. The molecule has 0 radical (unpaired) electrons. The van der Waals surface area contributed by atoms with Crippen molar-refractivity contribution in [2.45, 2.75) is 32.8 Å². The normalized spacial score (nSPS) is 18.6. The van der Waals surface area contributed by atoms with E-state index in [1.165, 1.54) is 18.2 Å². The maximum absolute atomic E-state index is 14.9. The molecule has 1 heterocycles. The molecule has 0 aromatic heterocycles. The molecule has 1 aliphatic rings. The Balaban J connectivity index is 1.52. The van der Waals surface area contributed by atoms with Crippen LogP contribution in [0.15, 0.2) is 66.7 Å². The molecule has 1 aliphatic heterocycles. The molecule has 5 heteroatoms. The molecule has 1 fully saturated rings. The fourth-order valence-electron chi connectivity index (χ4n) is 4.27. The number of ether oxygens (including phenoxy) is 2. The van der Waals surface area contributed by atoms with Crippen LogP contribution in [0, 0.1) is 23.4 Å². The highest BCUT2D eigenvalue weighted by Gasteiger charge is 2.24. The number of halogens is 3. The quantitative estimate of drug-likeness (QED) is 0.354. The van der Waals surface area contributed by atoms with Crippen LogP contribution < -0.4 is 4.74 Å². The highest BCUT2D eigenvalue weighted by atomic mass is 19.2. The van der Waals surface area contributed by atoms with Gasteiger partial charge in [0, 0.05) is 17.0 Å². The van der Waals surface area contributed by atoms with Crippen LogP contribution in [0.25, 0.3) is 22.3 Å². The van der Waals surface area contributed by atoms with Crippen molar-refractivity contribution in [3.8, 4) is 28.0 Å². The SMILES string of the molecule is C/C=C/C1CCC(c2ccc(-c3ccc(-c4ccc(OCC)c(F)c4F)cc3)cc2F)OC1. The van der Waals surface area contributed by atoms with E-state index in [-0.39, 0.29) is 29.8 Å². The highest BCUT2D eigenvalue weighted by Crippen LogP contribution is 2.35. The van der Waals surface area contributed by atoms with Crippen molar-refractivity contribution in [2.75, 3.05) is 13.2 Å². The van der Waals surface area contributed by atoms with Crippen LogP contribution in [0.2, 0.25) is 0 Å². The summed E-state index contributed by atoms with van der Waals surface area (Å²) in [6, 6.07) is 15.0. The summed E-state index contributed by atoms with van der Waals surface area (Å²) in [5, 5.41) is 0. The third-order valence-corrected chi connectivity index (χ3v) is 6.00. The minimum absolute atomic E-state index is 0.106. The van der Waals surface area contributed by atoms with E-state index < -0.39 is 11.6 Å². The van der Waals surface area contributed by atoms with Gasteiger partial charge in [0.2, 0.25) is 5.82 Å². The summed E-state index contributed by atoms with van der Waals surface area (Å²) in [4.78, 5) is 0. The van der Waals surface area contributed by atoms with Crippen molar-refractivity contribution in [2.24, 2.45) is 5.92 Å². The van der Waals surface area contributed by atoms with Crippen LogP contribution in [0.1, 0.15) is 38.4 Å². The number of hydrogen-bond donors (Lipinski definition) is 0. The molecule has 2 nitrogen and oxygen atoms in total. The van der Waals surface area contributed by atoms with Crippen molar-refractivity contribution in [1.29, 1.82) is 0 Å². The zero-order valence-corrected chi connectivity index (χ0v) is 18.8. The zero-order valence-electron chi connectivity index (χ0n) is 18.8. The summed E-state index contributed by atoms with van der Waals surface area (Å²) in [6.07, 6.45) is 5.67. The zero-order chi connectivity index (χ0) is 23.4. The number of benzene rings is 3. The van der Waals surface area contributed by atoms with E-state index in [0.29, 0.717) is 29.2 Å². The standard InChI is InChI=1S/C28H27F3O2/c1-3-5-18-6-14-25(33-17-18)23-12-11-21(16-24(23)29)19-7-9-20(10-8-19)22-13-15-26(32-4-2)28(31)27(22)30/h3,5,7-13,15-16,18,25H,4,6,14,17H2,1-2H3/b5-3+. The van der Waals surface area contributed by atoms with Crippen LogP contribution in [0.4, 0.5) is 13.2 Å². The van der Waals surface area contributed by atoms with Crippen LogP contribution in [0.5, 0.6) is 5.75 Å². The Kier molecular flexibility index (Phi) is 7.19. The minimum atomic E-state index is -1.00. The van der Waals surface area contributed by atoms with E-state index >= 15 is 0 Å². The van der Waals surface area contributed by atoms with E-state index in [1.807, 2.05) is 19.1 Å². The average Bonchev–Trinajstić information content (AvgIpc) is 2.83. The first-order valence-electron chi connectivity index (χ1n) is 11.3. The Morgan fingerprint density at radius 3 is 2.27 bits per heavy atom. The molecule has 2 unspecified atom stereocenters. The molecule has 1 saturated heterocycles. The van der Waals surface area contributed by atoms with Crippen molar-refractivity contribution >= 4 is 0 Å². The first-order valence-corrected chi connectivity index (χ1v) is 11.3. The lowest BCUT2D eigenvalue weighted by atomic mass is 9.93. The number of hydrogen-bond acceptors (Lipinski definition) is 2. The van der Waals surface area contributed by atoms with Gasteiger partial charge in [0.25, 0.3) is 0 Å². The fraction of sp³-hybridized carbons (Fsp3) is 0.286. The van der Waals surface area contributed by atoms with Crippen LogP contribution in [-0.4, -0.2) is 13.2 Å². The topological polar surface area (TPSA) is 18.5 Å². The molecule has 0 bridgehead atoms. The van der Waals surface area contributed by atoms with Gasteiger partial charge in [-0.2, -0.15) is 4.39 Å². The molecular weight excluding hydrogens is 425 g/mol. The second kappa shape index (κ2) is 10.3. The van der Waals surface area contributed by atoms with Crippen molar-refractivity contribution in [3.05, 3.63) is 89.8 Å². The van der Waals surface area contributed by atoms with Crippen LogP contribution >= 0.6 is 0 Å². The van der Waals surface area contributed by atoms with Crippen molar-refractivity contribution in [3.63, 3.8) is 0 Å². The number of rotatable bonds is 6. The number of allylic oxidation sites excluding steroid dienone is 1. The van der Waals surface area contributed by atoms with E-state index in [9.17, 15) is 13.2 Å². The summed E-state index contributed by atoms with van der Waals surface area (Å²) in [7, 11) is 0. The molecule has 0 N–H and O–H groups in total. The third-order valence-electron chi connectivity index (χ3n) is 6.00. The third kappa shape index (κ3) is 4.98. The van der Waals surface area contributed by atoms with Crippen LogP contribution in [0.3, 0.4) is 0 Å². The summed E-state index contributed by atoms with van der Waals surface area (Å²) in [5.74, 6) is -1.97. The van der Waals surface area contributed by atoms with Gasteiger partial charge in [0.15, 0.2) is 11.6 Å². The second-order valence-corrected chi connectivity index (χ2v) is 8.17. The van der Waals surface area contributed by atoms with Gasteiger partial charge in [-0.1, -0.05) is 48.6 Å². The summed E-state index contributed by atoms with van der Waals surface area (Å²) < 4.78 is 54.6. The Morgan fingerprint density at radius 1 is 0.909 bits per heavy atom. The Labute approximate surface area is 192 Å². The smallest absolute Gasteiger partial charge is 0.201 e. The Morgan fingerprint density at radius 2 is 1.64 bits per heavy atom. The molecule has 2 atom stereocenters. The minimum Gasteiger partial charge on any atom is -0.491 e. The van der Waals surface area contributed by atoms with Gasteiger partial charge >= 0.3 is 0 Å². The summed E-state index contributed by atoms with van der Waals surface area (Å²) in [6.45, 7) is 4.55. The van der Waals surface area contributed by atoms with E-state index in [0.717, 1.165) is 18.4 Å². The molecular formula is C28H27F3O2. The largest absolute Gasteiger partial charge is 0.491 e. The first-order chi connectivity index (χ1) is 16.0. The summed E-state index contributed by atoms with van der Waals surface area (Å²) >= 11 is 0. The monoisotopic (exact) mass is 452 g/mol. The molecule has 3 aromatic carbocycles. The van der Waals surface area contributed by atoms with Gasteiger partial charge in [-0.05, 0) is 61.6 Å². The molecule has 0 saturated carbocycles. The van der Waals surface area contributed by atoms with E-state index in [1.54, 1.807) is 37.3 Å². The van der Waals surface area contributed by atoms with E-state index in [4.69, 9.17) is 9.47 Å². The molecule has 33 heavy (non-hydrogen) atoms. The van der Waals surface area contributed by atoms with Crippen molar-refractivity contribution in [1.82, 2.24) is 0 Å². The average molecular weight is 453 g/mol. The lowest BCUT2D eigenvalue weighted by Crippen LogP contribution is -2.20. The molecule has 0 spiro atoms. The molecule has 0 aliphatic carbocycles.